The number of nitrogens with zero attached hydrogens (tertiary/aromatic N) is 2. The van der Waals surface area contributed by atoms with Gasteiger partial charge in [-0.2, -0.15) is 5.06 Å². The second-order valence-corrected chi connectivity index (χ2v) is 5.72. The highest BCUT2D eigenvalue weighted by Gasteiger charge is 2.52. The van der Waals surface area contributed by atoms with Crippen LogP contribution in [0.4, 0.5) is 13.6 Å². The summed E-state index contributed by atoms with van der Waals surface area (Å²) in [7, 11) is 0. The Hall–Kier alpha value is -1.69. The van der Waals surface area contributed by atoms with E-state index in [9.17, 15) is 13.6 Å². The van der Waals surface area contributed by atoms with Gasteiger partial charge in [0.1, 0.15) is 6.61 Å². The number of fused-ring (bicyclic) bond motifs is 2. The van der Waals surface area contributed by atoms with E-state index in [1.54, 1.807) is 0 Å². The molecule has 3 rings (SSSR count). The average Bonchev–Trinajstić information content (AvgIpc) is 2.68. The summed E-state index contributed by atoms with van der Waals surface area (Å²) in [5, 5.41) is 1.28. The van der Waals surface area contributed by atoms with E-state index in [0.29, 0.717) is 19.4 Å². The standard InChI is InChI=1S/C15H18F2N2O2/c1-15(16,17)13-8-7-12-9-18(13)14(20)19(12)21-10-11-5-3-2-4-6-11/h2-6,12-13H,7-10H2,1H3/t12-,13-/m0/s1. The summed E-state index contributed by atoms with van der Waals surface area (Å²) in [6.07, 6.45) is 0.857. The average molecular weight is 296 g/mol. The van der Waals surface area contributed by atoms with Crippen molar-refractivity contribution in [2.24, 2.45) is 0 Å². The van der Waals surface area contributed by atoms with Crippen molar-refractivity contribution in [3.63, 3.8) is 0 Å². The highest BCUT2D eigenvalue weighted by atomic mass is 19.3. The van der Waals surface area contributed by atoms with Gasteiger partial charge in [-0.3, -0.25) is 4.84 Å². The largest absolute Gasteiger partial charge is 0.344 e. The Labute approximate surface area is 122 Å². The van der Waals surface area contributed by atoms with E-state index >= 15 is 0 Å². The van der Waals surface area contributed by atoms with Gasteiger partial charge in [0.25, 0.3) is 5.92 Å². The van der Waals surface area contributed by atoms with Gasteiger partial charge in [-0.1, -0.05) is 30.3 Å². The number of carbonyl (C=O) groups excluding carboxylic acids is 1. The topological polar surface area (TPSA) is 32.8 Å². The first-order valence-electron chi connectivity index (χ1n) is 7.11. The van der Waals surface area contributed by atoms with E-state index in [1.807, 2.05) is 30.3 Å². The number of hydrogen-bond donors (Lipinski definition) is 0. The van der Waals surface area contributed by atoms with Crippen LogP contribution >= 0.6 is 0 Å². The Kier molecular flexibility index (Phi) is 3.57. The van der Waals surface area contributed by atoms with Crippen molar-refractivity contribution in [2.75, 3.05) is 6.54 Å². The summed E-state index contributed by atoms with van der Waals surface area (Å²) < 4.78 is 27.1. The summed E-state index contributed by atoms with van der Waals surface area (Å²) in [6, 6.07) is 7.88. The Bertz CT molecular complexity index is 518. The molecule has 2 heterocycles. The molecule has 2 atom stereocenters. The summed E-state index contributed by atoms with van der Waals surface area (Å²) in [5.74, 6) is -2.88. The fraction of sp³-hybridized carbons (Fsp3) is 0.533. The number of urea groups is 1. The van der Waals surface area contributed by atoms with Crippen LogP contribution in [0.25, 0.3) is 0 Å². The molecule has 0 N–H and O–H groups in total. The van der Waals surface area contributed by atoms with Crippen LogP contribution in [-0.2, 0) is 11.4 Å². The van der Waals surface area contributed by atoms with Crippen LogP contribution in [0.15, 0.2) is 30.3 Å². The number of piperidine rings is 1. The smallest absolute Gasteiger partial charge is 0.312 e. The van der Waals surface area contributed by atoms with Gasteiger partial charge in [0, 0.05) is 13.5 Å². The minimum atomic E-state index is -2.88. The molecule has 2 aliphatic rings. The van der Waals surface area contributed by atoms with Crippen LogP contribution in [-0.4, -0.2) is 40.5 Å². The molecule has 0 radical (unpaired) electrons. The van der Waals surface area contributed by atoms with Gasteiger partial charge in [-0.15, -0.1) is 0 Å². The fourth-order valence-corrected chi connectivity index (χ4v) is 3.04. The third-order valence-corrected chi connectivity index (χ3v) is 4.12. The number of hydrogen-bond acceptors (Lipinski definition) is 2. The summed E-state index contributed by atoms with van der Waals surface area (Å²) in [4.78, 5) is 19.1. The zero-order chi connectivity index (χ0) is 15.0. The molecule has 0 aliphatic carbocycles. The molecular formula is C15H18F2N2O2. The molecule has 4 nitrogen and oxygen atoms in total. The lowest BCUT2D eigenvalue weighted by atomic mass is 9.97. The Balaban J connectivity index is 1.67. The zero-order valence-corrected chi connectivity index (χ0v) is 11.8. The fourth-order valence-electron chi connectivity index (χ4n) is 3.04. The highest BCUT2D eigenvalue weighted by Crippen LogP contribution is 2.37. The number of carbonyl (C=O) groups is 1. The monoisotopic (exact) mass is 296 g/mol. The molecule has 2 bridgehead atoms. The van der Waals surface area contributed by atoms with Crippen LogP contribution in [0.5, 0.6) is 0 Å². The van der Waals surface area contributed by atoms with E-state index in [0.717, 1.165) is 12.5 Å². The van der Waals surface area contributed by atoms with E-state index in [2.05, 4.69) is 0 Å². The van der Waals surface area contributed by atoms with Gasteiger partial charge in [0.05, 0.1) is 12.1 Å². The molecule has 21 heavy (non-hydrogen) atoms. The van der Waals surface area contributed by atoms with Crippen LogP contribution in [0, 0.1) is 0 Å². The second-order valence-electron chi connectivity index (χ2n) is 5.72. The lowest BCUT2D eigenvalue weighted by molar-refractivity contribution is -0.140. The first kappa shape index (κ1) is 14.3. The van der Waals surface area contributed by atoms with Crippen LogP contribution < -0.4 is 0 Å². The Morgan fingerprint density at radius 2 is 2.00 bits per heavy atom. The molecule has 0 spiro atoms. The summed E-state index contributed by atoms with van der Waals surface area (Å²) in [6.45, 7) is 1.46. The lowest BCUT2D eigenvalue weighted by Crippen LogP contribution is -2.49. The van der Waals surface area contributed by atoms with Crippen LogP contribution in [0.1, 0.15) is 25.3 Å². The quantitative estimate of drug-likeness (QED) is 0.855. The van der Waals surface area contributed by atoms with Crippen molar-refractivity contribution < 1.29 is 18.4 Å². The molecule has 2 fully saturated rings. The molecule has 1 aromatic rings. The number of rotatable bonds is 4. The van der Waals surface area contributed by atoms with Gasteiger partial charge >= 0.3 is 6.03 Å². The normalized spacial score (nSPS) is 25.6. The third-order valence-electron chi connectivity index (χ3n) is 4.12. The number of benzene rings is 1. The minimum Gasteiger partial charge on any atom is -0.312 e. The van der Waals surface area contributed by atoms with Gasteiger partial charge in [-0.05, 0) is 18.4 Å². The van der Waals surface area contributed by atoms with Crippen LogP contribution in [0.3, 0.4) is 0 Å². The summed E-state index contributed by atoms with van der Waals surface area (Å²) in [5.41, 5.74) is 0.944. The van der Waals surface area contributed by atoms with Crippen molar-refractivity contribution in [1.29, 1.82) is 0 Å². The van der Waals surface area contributed by atoms with Crippen molar-refractivity contribution in [1.82, 2.24) is 9.96 Å². The van der Waals surface area contributed by atoms with Gasteiger partial charge < -0.3 is 4.90 Å². The maximum absolute atomic E-state index is 13.6. The maximum atomic E-state index is 13.6. The molecule has 0 aromatic heterocycles. The van der Waals surface area contributed by atoms with E-state index < -0.39 is 18.0 Å². The zero-order valence-electron chi connectivity index (χ0n) is 11.8. The first-order valence-corrected chi connectivity index (χ1v) is 7.11. The predicted molar refractivity (Wildman–Crippen MR) is 72.6 cm³/mol. The number of alkyl halides is 2. The molecular weight excluding hydrogens is 278 g/mol. The highest BCUT2D eigenvalue weighted by molar-refractivity contribution is 5.77. The van der Waals surface area contributed by atoms with Crippen molar-refractivity contribution in [3.05, 3.63) is 35.9 Å². The molecule has 6 heteroatoms. The van der Waals surface area contributed by atoms with E-state index in [4.69, 9.17) is 4.84 Å². The van der Waals surface area contributed by atoms with E-state index in [1.165, 1.54) is 9.96 Å². The molecule has 114 valence electrons. The SMILES string of the molecule is CC(F)(F)[C@@H]1CC[C@H]2CN1C(=O)N2OCc1ccccc1. The molecule has 1 aromatic carbocycles. The summed E-state index contributed by atoms with van der Waals surface area (Å²) >= 11 is 0. The molecule has 0 unspecified atom stereocenters. The van der Waals surface area contributed by atoms with Gasteiger partial charge in [0.2, 0.25) is 0 Å². The number of hydroxylamine groups is 2. The third kappa shape index (κ3) is 2.72. The van der Waals surface area contributed by atoms with Crippen molar-refractivity contribution in [2.45, 2.75) is 44.4 Å². The molecule has 2 aliphatic heterocycles. The Morgan fingerprint density at radius 3 is 2.67 bits per heavy atom. The van der Waals surface area contributed by atoms with Crippen molar-refractivity contribution >= 4 is 6.03 Å². The van der Waals surface area contributed by atoms with Crippen molar-refractivity contribution in [3.8, 4) is 0 Å². The van der Waals surface area contributed by atoms with Crippen LogP contribution in [0.2, 0.25) is 0 Å². The predicted octanol–water partition coefficient (Wildman–Crippen LogP) is 3.04. The lowest BCUT2D eigenvalue weighted by Gasteiger charge is -2.34. The molecule has 2 amide bonds. The maximum Gasteiger partial charge on any atom is 0.344 e. The van der Waals surface area contributed by atoms with Gasteiger partial charge in [0.15, 0.2) is 0 Å². The molecule has 2 saturated heterocycles. The first-order chi connectivity index (χ1) is 9.97. The minimum absolute atomic E-state index is 0.125. The Morgan fingerprint density at radius 1 is 1.29 bits per heavy atom. The number of amides is 2. The number of halogens is 2. The second kappa shape index (κ2) is 5.26. The molecule has 0 saturated carbocycles. The van der Waals surface area contributed by atoms with E-state index in [-0.39, 0.29) is 12.6 Å². The van der Waals surface area contributed by atoms with Gasteiger partial charge in [-0.25, -0.2) is 13.6 Å².